The first-order valence-electron chi connectivity index (χ1n) is 28.3. The van der Waals surface area contributed by atoms with Crippen LogP contribution in [0.15, 0.2) is 91.0 Å². The number of rotatable bonds is 24. The van der Waals surface area contributed by atoms with Crippen molar-refractivity contribution in [1.82, 2.24) is 10.2 Å². The highest BCUT2D eigenvalue weighted by molar-refractivity contribution is 8.77. The highest BCUT2D eigenvalue weighted by Gasteiger charge is 2.42. The summed E-state index contributed by atoms with van der Waals surface area (Å²) in [6.45, 7) is 5.05. The van der Waals surface area contributed by atoms with Crippen LogP contribution in [0.4, 0.5) is 28.4 Å². The van der Waals surface area contributed by atoms with Gasteiger partial charge in [0.25, 0.3) is 21.9 Å². The number of para-hydroxylation sites is 2. The minimum atomic E-state index is -4.29. The lowest BCUT2D eigenvalue weighted by atomic mass is 10.1. The first kappa shape index (κ1) is 61.9. The van der Waals surface area contributed by atoms with Gasteiger partial charge < -0.3 is 49.2 Å². The predicted molar refractivity (Wildman–Crippen MR) is 337 cm³/mol. The molecule has 4 atom stereocenters. The Morgan fingerprint density at radius 2 is 1.24 bits per heavy atom. The van der Waals surface area contributed by atoms with E-state index >= 15 is 0 Å². The van der Waals surface area contributed by atoms with E-state index in [1.165, 1.54) is 47.6 Å². The van der Waals surface area contributed by atoms with Crippen molar-refractivity contribution in [1.29, 1.82) is 0 Å². The fraction of sp³-hybridized carbons (Fsp3) is 0.419. The van der Waals surface area contributed by atoms with Gasteiger partial charge in [0.05, 0.1) is 61.2 Å². The molecule has 2 unspecified atom stereocenters. The Hall–Kier alpha value is -7.12. The molecule has 5 aromatic carbocycles. The number of nitrogens with one attached hydrogen (secondary N) is 2. The zero-order chi connectivity index (χ0) is 61.2. The summed E-state index contributed by atoms with van der Waals surface area (Å²) >= 11 is 1.28. The maximum Gasteiger partial charge on any atom is 0.279 e. The van der Waals surface area contributed by atoms with Gasteiger partial charge in [-0.15, -0.1) is 0 Å². The Morgan fingerprint density at radius 1 is 0.709 bits per heavy atom. The highest BCUT2D eigenvalue weighted by Crippen LogP contribution is 2.45. The van der Waals surface area contributed by atoms with Crippen molar-refractivity contribution in [2.75, 3.05) is 98.5 Å². The summed E-state index contributed by atoms with van der Waals surface area (Å²) in [5.41, 5.74) is 8.36. The summed E-state index contributed by atoms with van der Waals surface area (Å²) < 4.78 is 55.0. The smallest absolute Gasteiger partial charge is 0.279 e. The van der Waals surface area contributed by atoms with E-state index in [4.69, 9.17) is 23.1 Å². The van der Waals surface area contributed by atoms with Crippen LogP contribution in [-0.4, -0.2) is 150 Å². The average Bonchev–Trinajstić information content (AvgIpc) is 1.72. The molecule has 0 bridgehead atoms. The molecule has 20 nitrogen and oxygen atoms in total. The molecule has 10 rings (SSSR count). The van der Waals surface area contributed by atoms with Crippen LogP contribution >= 0.6 is 33.3 Å². The van der Waals surface area contributed by atoms with Crippen molar-refractivity contribution in [2.45, 2.75) is 92.9 Å². The van der Waals surface area contributed by atoms with Gasteiger partial charge in [0, 0.05) is 92.8 Å². The van der Waals surface area contributed by atoms with Gasteiger partial charge in [0.1, 0.15) is 13.2 Å². The van der Waals surface area contributed by atoms with Crippen LogP contribution in [-0.2, 0) is 59.5 Å². The van der Waals surface area contributed by atoms with E-state index in [1.807, 2.05) is 104 Å². The Kier molecular flexibility index (Phi) is 18.8. The number of fused-ring (bicyclic) bond motifs is 8. The summed E-state index contributed by atoms with van der Waals surface area (Å²) in [7, 11) is 6.54. The monoisotopic (exact) mass is 1250 g/mol. The predicted octanol–water partition coefficient (Wildman–Crippen LogP) is 8.12. The standard InChI is InChI=1S/C62H71N7O13S4/c1-62(2,85-84-22-18-55(86(76,77)80-7)58(72)63-20-21-67-57(71)32-54(83-8)61(67)75)19-17-56(70)64-41-24-37(35-81-52-30-48-44(28-50(52)78-5)59(73)68-42(33-65(48)3)26-39-13-9-11-15-46(39)68)23-38(25-41)36-82-53-31-49-45(29-51(53)79-6)60(74)69-43(34-66(49)4)27-40-14-10-12-16-47(40)69/h9-16,23-25,28-31,42-43,54-55H,17-22,26-27,32-36H2,1-8H3,(H,63,72)(H,64,70)/t42-,43-,54?,55?/m0/s1. The van der Waals surface area contributed by atoms with Crippen LogP contribution < -0.4 is 49.2 Å². The van der Waals surface area contributed by atoms with Gasteiger partial charge in [0.2, 0.25) is 23.6 Å². The number of hydrogen-bond acceptors (Lipinski definition) is 18. The third-order valence-corrected chi connectivity index (χ3v) is 22.2. The second-order valence-corrected chi connectivity index (χ2v) is 28.5. The third-order valence-electron chi connectivity index (χ3n) is 16.2. The lowest BCUT2D eigenvalue weighted by Crippen LogP contribution is -2.44. The van der Waals surface area contributed by atoms with Gasteiger partial charge >= 0.3 is 0 Å². The fourth-order valence-corrected chi connectivity index (χ4v) is 16.3. The number of likely N-dealkylation sites (tertiary alicyclic amines) is 1. The number of thioether (sulfide) groups is 1. The van der Waals surface area contributed by atoms with E-state index in [1.54, 1.807) is 18.4 Å². The van der Waals surface area contributed by atoms with E-state index < -0.39 is 31.3 Å². The van der Waals surface area contributed by atoms with Crippen molar-refractivity contribution < 1.29 is 60.3 Å². The molecule has 456 valence electrons. The summed E-state index contributed by atoms with van der Waals surface area (Å²) in [6.07, 6.45) is 3.79. The number of carbonyl (C=O) groups is 6. The molecule has 0 aliphatic carbocycles. The number of likely N-dealkylation sites (N-methyl/N-ethyl adjacent to an activating group) is 2. The highest BCUT2D eigenvalue weighted by atomic mass is 33.1. The Morgan fingerprint density at radius 3 is 1.74 bits per heavy atom. The molecular weight excluding hydrogens is 1180 g/mol. The number of ether oxygens (including phenoxy) is 4. The normalized spacial score (nSPS) is 18.3. The zero-order valence-corrected chi connectivity index (χ0v) is 52.6. The SMILES string of the molecule is COc1cc2c(cc1OCc1cc(COc3cc4c(cc3OC)C(=O)N3c5ccccc5C[C@H]3CN4C)cc(NC(=O)CCC(C)(C)SSCCC(C(=O)NCCN3C(=O)CC(SC)C3=O)S(=O)(=O)OC)c1)N(C)C[C@@H]1Cc3ccccc3N1C2=O. The maximum absolute atomic E-state index is 14.4. The van der Waals surface area contributed by atoms with Gasteiger partial charge in [-0.3, -0.25) is 37.9 Å². The van der Waals surface area contributed by atoms with Crippen molar-refractivity contribution >= 4 is 107 Å². The number of hydrogen-bond donors (Lipinski definition) is 2. The van der Waals surface area contributed by atoms with Gasteiger partial charge in [-0.05, 0) is 111 Å². The quantitative estimate of drug-likeness (QED) is 0.0258. The molecule has 86 heavy (non-hydrogen) atoms. The Balaban J connectivity index is 0.829. The first-order chi connectivity index (χ1) is 41.2. The van der Waals surface area contributed by atoms with Gasteiger partial charge in [-0.1, -0.05) is 58.0 Å². The Bertz CT molecular complexity index is 3430. The number of benzene rings is 5. The molecule has 1 fully saturated rings. The minimum absolute atomic E-state index is 0.0377. The van der Waals surface area contributed by atoms with Gasteiger partial charge in [-0.25, -0.2) is 0 Å². The summed E-state index contributed by atoms with van der Waals surface area (Å²) in [5.74, 6) is -0.112. The van der Waals surface area contributed by atoms with Crippen LogP contribution in [0.1, 0.15) is 82.5 Å². The van der Waals surface area contributed by atoms with E-state index in [0.717, 1.165) is 47.4 Å². The van der Waals surface area contributed by atoms with E-state index in [-0.39, 0.29) is 92.9 Å². The van der Waals surface area contributed by atoms with Gasteiger partial charge in [-0.2, -0.15) is 20.2 Å². The minimum Gasteiger partial charge on any atom is -0.493 e. The van der Waals surface area contributed by atoms with Crippen molar-refractivity contribution in [3.8, 4) is 23.0 Å². The third kappa shape index (κ3) is 13.1. The second-order valence-electron chi connectivity index (χ2n) is 22.5. The van der Waals surface area contributed by atoms with E-state index in [9.17, 15) is 37.2 Å². The molecule has 2 N–H and O–H groups in total. The number of nitrogens with zero attached hydrogens (tertiary/aromatic N) is 5. The maximum atomic E-state index is 14.4. The number of carbonyl (C=O) groups excluding carboxylic acids is 6. The summed E-state index contributed by atoms with van der Waals surface area (Å²) in [4.78, 5) is 89.8. The molecular formula is C62H71N7O13S4. The molecule has 0 aromatic heterocycles. The van der Waals surface area contributed by atoms with Crippen molar-refractivity contribution in [3.05, 3.63) is 124 Å². The molecule has 6 amide bonds. The number of methoxy groups -OCH3 is 2. The summed E-state index contributed by atoms with van der Waals surface area (Å²) in [6, 6.07) is 28.6. The topological polar surface area (TPSA) is 223 Å². The fourth-order valence-electron chi connectivity index (χ4n) is 11.8. The average molecular weight is 1250 g/mol. The van der Waals surface area contributed by atoms with E-state index in [0.29, 0.717) is 81.8 Å². The Labute approximate surface area is 513 Å². The summed E-state index contributed by atoms with van der Waals surface area (Å²) in [5, 5.41) is 3.65. The second kappa shape index (κ2) is 26.1. The van der Waals surface area contributed by atoms with Crippen LogP contribution in [0.25, 0.3) is 0 Å². The van der Waals surface area contributed by atoms with Crippen LogP contribution in [0.2, 0.25) is 0 Å². The van der Waals surface area contributed by atoms with Crippen LogP contribution in [0, 0.1) is 0 Å². The lowest BCUT2D eigenvalue weighted by Gasteiger charge is -2.25. The largest absolute Gasteiger partial charge is 0.493 e. The molecule has 5 aliphatic rings. The van der Waals surface area contributed by atoms with Gasteiger partial charge in [0.15, 0.2) is 28.2 Å². The lowest BCUT2D eigenvalue weighted by molar-refractivity contribution is -0.138. The molecule has 0 spiro atoms. The first-order valence-corrected chi connectivity index (χ1v) is 33.4. The molecule has 24 heteroatoms. The molecule has 5 aromatic rings. The number of amides is 6. The zero-order valence-electron chi connectivity index (χ0n) is 49.3. The van der Waals surface area contributed by atoms with Crippen LogP contribution in [0.5, 0.6) is 23.0 Å². The van der Waals surface area contributed by atoms with E-state index in [2.05, 4.69) is 32.6 Å². The molecule has 1 saturated heterocycles. The number of anilines is 5. The van der Waals surface area contributed by atoms with Crippen molar-refractivity contribution in [2.24, 2.45) is 0 Å². The van der Waals surface area contributed by atoms with Crippen LogP contribution in [0.3, 0.4) is 0 Å². The molecule has 5 aliphatic heterocycles. The molecule has 0 radical (unpaired) electrons. The number of imide groups is 1. The molecule has 5 heterocycles. The van der Waals surface area contributed by atoms with Crippen molar-refractivity contribution in [3.63, 3.8) is 0 Å². The molecule has 0 saturated carbocycles.